The van der Waals surface area contributed by atoms with E-state index < -0.39 is 22.3 Å². The van der Waals surface area contributed by atoms with Crippen LogP contribution in [0.25, 0.3) is 0 Å². The smallest absolute Gasteiger partial charge is 0.353 e. The van der Waals surface area contributed by atoms with E-state index in [-0.39, 0.29) is 31.1 Å². The predicted molar refractivity (Wildman–Crippen MR) is 155 cm³/mol. The number of nitrogens with one attached hydrogen (secondary N) is 2. The van der Waals surface area contributed by atoms with Gasteiger partial charge in [0.2, 0.25) is 5.91 Å². The highest BCUT2D eigenvalue weighted by Crippen LogP contribution is 2.33. The lowest BCUT2D eigenvalue weighted by Gasteiger charge is -2.31. The fourth-order valence-electron chi connectivity index (χ4n) is 4.86. The fraction of sp³-hybridized carbons (Fsp3) is 0.464. The van der Waals surface area contributed by atoms with Gasteiger partial charge >= 0.3 is 10.4 Å². The van der Waals surface area contributed by atoms with E-state index in [1.807, 2.05) is 35.0 Å². The second kappa shape index (κ2) is 13.4. The molecule has 5 rings (SSSR count). The van der Waals surface area contributed by atoms with Crippen molar-refractivity contribution in [1.82, 2.24) is 30.7 Å². The minimum atomic E-state index is -4.73. The van der Waals surface area contributed by atoms with Gasteiger partial charge in [-0.25, -0.2) is 4.68 Å². The molecular weight excluding hydrogens is 568 g/mol. The minimum Gasteiger partial charge on any atom is -0.353 e. The van der Waals surface area contributed by atoms with Crippen molar-refractivity contribution in [1.29, 1.82) is 0 Å². The van der Waals surface area contributed by atoms with Crippen molar-refractivity contribution in [2.24, 2.45) is 0 Å². The lowest BCUT2D eigenvalue weighted by atomic mass is 9.86. The van der Waals surface area contributed by atoms with Crippen molar-refractivity contribution < 1.29 is 22.0 Å². The van der Waals surface area contributed by atoms with Gasteiger partial charge in [0.05, 0.1) is 11.7 Å². The monoisotopic (exact) mass is 604 g/mol. The average molecular weight is 605 g/mol. The molecule has 1 aliphatic carbocycles. The lowest BCUT2D eigenvalue weighted by Crippen LogP contribution is -2.56. The number of rotatable bonds is 7. The summed E-state index contributed by atoms with van der Waals surface area (Å²) in [5.74, 6) is -0.399. The van der Waals surface area contributed by atoms with E-state index in [2.05, 4.69) is 64.2 Å². The van der Waals surface area contributed by atoms with E-state index in [9.17, 15) is 13.2 Å². The van der Waals surface area contributed by atoms with Crippen LogP contribution in [-0.4, -0.2) is 63.6 Å². The molecule has 41 heavy (non-hydrogen) atoms. The minimum absolute atomic E-state index is 0.0416. The van der Waals surface area contributed by atoms with Crippen LogP contribution in [-0.2, 0) is 38.9 Å². The van der Waals surface area contributed by atoms with E-state index in [1.54, 1.807) is 6.20 Å². The molecule has 1 saturated heterocycles. The number of aryl methyl sites for hydroxylation is 1. The van der Waals surface area contributed by atoms with Gasteiger partial charge in [0.1, 0.15) is 6.04 Å². The first-order chi connectivity index (χ1) is 19.4. The predicted octanol–water partition coefficient (Wildman–Crippen LogP) is 3.51. The maximum atomic E-state index is 12.3. The van der Waals surface area contributed by atoms with Gasteiger partial charge in [0, 0.05) is 42.8 Å². The number of hydrogen-bond acceptors (Lipinski definition) is 8. The number of piperazine rings is 1. The molecule has 13 heteroatoms. The van der Waals surface area contributed by atoms with Crippen molar-refractivity contribution in [3.05, 3.63) is 82.1 Å². The van der Waals surface area contributed by atoms with Crippen LogP contribution in [0.2, 0.25) is 5.02 Å². The molecule has 3 N–H and O–H groups in total. The van der Waals surface area contributed by atoms with Crippen LogP contribution in [0.5, 0.6) is 0 Å². The molecule has 1 aromatic heterocycles. The number of carbonyl (C=O) groups excluding carboxylic acids is 1. The Kier molecular flexibility index (Phi) is 10.2. The van der Waals surface area contributed by atoms with Gasteiger partial charge in [0.25, 0.3) is 0 Å². The Labute approximate surface area is 246 Å². The summed E-state index contributed by atoms with van der Waals surface area (Å²) in [7, 11) is -4.73. The van der Waals surface area contributed by atoms with Crippen LogP contribution in [0.1, 0.15) is 62.0 Å². The molecule has 11 nitrogen and oxygen atoms in total. The van der Waals surface area contributed by atoms with Crippen LogP contribution in [0.15, 0.2) is 54.7 Å². The number of amides is 1. The highest BCUT2D eigenvalue weighted by Gasteiger charge is 2.34. The summed E-state index contributed by atoms with van der Waals surface area (Å²) in [6.45, 7) is 7.58. The molecule has 2 aromatic carbocycles. The first kappa shape index (κ1) is 31.1. The third-order valence-corrected chi connectivity index (χ3v) is 7.43. The van der Waals surface area contributed by atoms with Gasteiger partial charge in [-0.15, -0.1) is 5.10 Å². The maximum absolute atomic E-state index is 12.3. The molecule has 0 radical (unpaired) electrons. The molecule has 2 aliphatic rings. The fourth-order valence-corrected chi connectivity index (χ4v) is 5.43. The normalized spacial score (nSPS) is 19.6. The second-order valence-electron chi connectivity index (χ2n) is 11.2. The summed E-state index contributed by atoms with van der Waals surface area (Å²) < 4.78 is 37.8. The van der Waals surface area contributed by atoms with Crippen LogP contribution in [0, 0.1) is 0 Å². The van der Waals surface area contributed by atoms with Gasteiger partial charge < -0.3 is 10.6 Å². The Morgan fingerprint density at radius 1 is 1.20 bits per heavy atom. The van der Waals surface area contributed by atoms with E-state index in [0.717, 1.165) is 35.9 Å². The zero-order valence-corrected chi connectivity index (χ0v) is 25.0. The molecule has 0 spiro atoms. The van der Waals surface area contributed by atoms with Crippen molar-refractivity contribution in [3.8, 4) is 0 Å². The van der Waals surface area contributed by atoms with Gasteiger partial charge in [-0.1, -0.05) is 53.2 Å². The molecular formula is C28H37ClN6O5S. The standard InChI is InChI=1S/C22H32N6O5S.C6H5Cl/c1-22(2,3)24-13-15-7-8-18-16(11-15)5-4-6-19(18)27-14-17(25-26-27)12-20-21(29)23-9-10-28(20)33-34(30,31)32;7-6-4-2-1-3-5-6/h7-8,11,14,19-20,24H,4-6,9-10,12-13H2,1-3H3,(H,23,29)(H,30,31,32);1-5H/t19-,20?;/m1./s1. The SMILES string of the molecule is CC(C)(C)NCc1ccc2c(c1)CCC[C@H]2n1cc(CC2C(=O)NCCN2OS(=O)(=O)O)nn1.Clc1ccccc1. The van der Waals surface area contributed by atoms with Crippen molar-refractivity contribution >= 4 is 27.9 Å². The number of hydroxylamine groups is 2. The number of benzene rings is 2. The van der Waals surface area contributed by atoms with Gasteiger partial charge in [-0.05, 0) is 68.9 Å². The highest BCUT2D eigenvalue weighted by atomic mass is 35.5. The van der Waals surface area contributed by atoms with E-state index in [4.69, 9.17) is 16.2 Å². The zero-order chi connectivity index (χ0) is 29.6. The Morgan fingerprint density at radius 2 is 1.95 bits per heavy atom. The van der Waals surface area contributed by atoms with Crippen LogP contribution in [0.3, 0.4) is 0 Å². The third-order valence-electron chi connectivity index (χ3n) is 6.80. The van der Waals surface area contributed by atoms with Gasteiger partial charge in [-0.3, -0.25) is 9.35 Å². The quantitative estimate of drug-likeness (QED) is 0.346. The molecule has 2 atom stereocenters. The number of hydrogen-bond donors (Lipinski definition) is 3. The number of nitrogens with zero attached hydrogens (tertiary/aromatic N) is 4. The largest absolute Gasteiger partial charge is 0.413 e. The molecule has 3 aromatic rings. The van der Waals surface area contributed by atoms with E-state index in [0.29, 0.717) is 5.69 Å². The molecule has 222 valence electrons. The van der Waals surface area contributed by atoms with Crippen molar-refractivity contribution in [3.63, 3.8) is 0 Å². The first-order valence-electron chi connectivity index (χ1n) is 13.6. The summed E-state index contributed by atoms with van der Waals surface area (Å²) >= 11 is 5.54. The first-order valence-corrected chi connectivity index (χ1v) is 15.3. The van der Waals surface area contributed by atoms with Crippen LogP contribution >= 0.6 is 11.6 Å². The van der Waals surface area contributed by atoms with E-state index >= 15 is 0 Å². The molecule has 2 heterocycles. The average Bonchev–Trinajstić information content (AvgIpc) is 3.37. The number of halogens is 1. The van der Waals surface area contributed by atoms with Crippen LogP contribution in [0.4, 0.5) is 0 Å². The topological polar surface area (TPSA) is 139 Å². The lowest BCUT2D eigenvalue weighted by molar-refractivity contribution is -0.152. The molecule has 1 unspecified atom stereocenters. The Balaban J connectivity index is 0.000000483. The molecule has 1 fully saturated rings. The number of aromatic nitrogens is 3. The Morgan fingerprint density at radius 3 is 2.61 bits per heavy atom. The van der Waals surface area contributed by atoms with Gasteiger partial charge in [-0.2, -0.15) is 17.8 Å². The third kappa shape index (κ3) is 9.32. The summed E-state index contributed by atoms with van der Waals surface area (Å²) in [5, 5.41) is 16.5. The van der Waals surface area contributed by atoms with Crippen LogP contribution < -0.4 is 10.6 Å². The maximum Gasteiger partial charge on any atom is 0.413 e. The summed E-state index contributed by atoms with van der Waals surface area (Å²) in [6, 6.07) is 15.1. The number of fused-ring (bicyclic) bond motifs is 1. The summed E-state index contributed by atoms with van der Waals surface area (Å²) in [6.07, 6.45) is 4.86. The van der Waals surface area contributed by atoms with Crippen molar-refractivity contribution in [2.75, 3.05) is 13.1 Å². The Bertz CT molecular complexity index is 1430. The van der Waals surface area contributed by atoms with E-state index in [1.165, 1.54) is 16.7 Å². The van der Waals surface area contributed by atoms with Crippen molar-refractivity contribution in [2.45, 2.75) is 70.6 Å². The molecule has 1 aliphatic heterocycles. The zero-order valence-electron chi connectivity index (χ0n) is 23.5. The summed E-state index contributed by atoms with van der Waals surface area (Å²) in [5.41, 5.74) is 4.35. The second-order valence-corrected chi connectivity index (χ2v) is 12.6. The molecule has 1 amide bonds. The highest BCUT2D eigenvalue weighted by molar-refractivity contribution is 7.80. The summed E-state index contributed by atoms with van der Waals surface area (Å²) in [4.78, 5) is 12.3. The molecule has 0 bridgehead atoms. The number of carbonyl (C=O) groups is 1. The molecule has 0 saturated carbocycles. The Hall–Kier alpha value is -2.87. The van der Waals surface area contributed by atoms with Gasteiger partial charge in [0.15, 0.2) is 0 Å².